The summed E-state index contributed by atoms with van der Waals surface area (Å²) >= 11 is 0. The first kappa shape index (κ1) is 21.2. The van der Waals surface area contributed by atoms with Gasteiger partial charge in [-0.25, -0.2) is 0 Å². The summed E-state index contributed by atoms with van der Waals surface area (Å²) in [4.78, 5) is 9.51. The van der Waals surface area contributed by atoms with Gasteiger partial charge in [-0.2, -0.15) is 0 Å². The molecule has 0 bridgehead atoms. The second-order valence-corrected chi connectivity index (χ2v) is 6.87. The molecule has 0 amide bonds. The topological polar surface area (TPSA) is 56.9 Å². The lowest BCUT2D eigenvalue weighted by Crippen LogP contribution is -2.51. The summed E-state index contributed by atoms with van der Waals surface area (Å²) in [5, 5.41) is 3.17. The fraction of sp³-hybridized carbons (Fsp3) is 0.611. The van der Waals surface area contributed by atoms with Crippen LogP contribution in [0.3, 0.4) is 0 Å². The van der Waals surface area contributed by atoms with Crippen molar-refractivity contribution in [3.05, 3.63) is 29.8 Å². The Kier molecular flexibility index (Phi) is 9.01. The zero-order valence-electron chi connectivity index (χ0n) is 15.3. The molecule has 1 fully saturated rings. The van der Waals surface area contributed by atoms with Crippen molar-refractivity contribution in [1.82, 2.24) is 9.80 Å². The molecule has 1 aliphatic heterocycles. The molecule has 3 N–H and O–H groups in total. The van der Waals surface area contributed by atoms with Gasteiger partial charge in [0.1, 0.15) is 0 Å². The van der Waals surface area contributed by atoms with E-state index in [4.69, 9.17) is 5.73 Å². The predicted octanol–water partition coefficient (Wildman–Crippen LogP) is 2.61. The number of aryl methyl sites for hydroxylation is 1. The summed E-state index contributed by atoms with van der Waals surface area (Å²) in [5.41, 5.74) is 8.28. The zero-order valence-corrected chi connectivity index (χ0v) is 17.7. The summed E-state index contributed by atoms with van der Waals surface area (Å²) in [6.45, 7) is 11.8. The van der Waals surface area contributed by atoms with Gasteiger partial charge in [-0.05, 0) is 32.0 Å². The maximum absolute atomic E-state index is 6.06. The number of anilines is 1. The Morgan fingerprint density at radius 2 is 1.75 bits per heavy atom. The van der Waals surface area contributed by atoms with Crippen LogP contribution < -0.4 is 11.1 Å². The minimum Gasteiger partial charge on any atom is -0.370 e. The van der Waals surface area contributed by atoms with Gasteiger partial charge in [0.25, 0.3) is 0 Å². The predicted molar refractivity (Wildman–Crippen MR) is 114 cm³/mol. The number of nitrogens with two attached hydrogens (primary N) is 1. The second-order valence-electron chi connectivity index (χ2n) is 6.87. The molecule has 6 heteroatoms. The Bertz CT molecular complexity index is 507. The molecule has 1 aromatic carbocycles. The third-order valence-electron chi connectivity index (χ3n) is 4.55. The molecule has 0 radical (unpaired) electrons. The van der Waals surface area contributed by atoms with Gasteiger partial charge in [0.15, 0.2) is 5.96 Å². The van der Waals surface area contributed by atoms with Crippen molar-refractivity contribution in [3.63, 3.8) is 0 Å². The maximum Gasteiger partial charge on any atom is 0.193 e. The molecule has 0 aromatic heterocycles. The minimum atomic E-state index is 0. The first-order valence-corrected chi connectivity index (χ1v) is 8.52. The van der Waals surface area contributed by atoms with E-state index in [9.17, 15) is 0 Å². The highest BCUT2D eigenvalue weighted by atomic mass is 127. The SMILES string of the molecule is Cc1ccc(NC(N)=NCC(C(C)C)N2CCN(C)CC2)cc1.I. The maximum atomic E-state index is 6.06. The van der Waals surface area contributed by atoms with Crippen molar-refractivity contribution < 1.29 is 0 Å². The minimum absolute atomic E-state index is 0. The number of benzene rings is 1. The number of likely N-dealkylation sites (N-methyl/N-ethyl adjacent to an activating group) is 1. The van der Waals surface area contributed by atoms with Crippen molar-refractivity contribution in [3.8, 4) is 0 Å². The zero-order chi connectivity index (χ0) is 16.8. The van der Waals surface area contributed by atoms with E-state index < -0.39 is 0 Å². The molecule has 0 spiro atoms. The van der Waals surface area contributed by atoms with Crippen LogP contribution in [0.2, 0.25) is 0 Å². The van der Waals surface area contributed by atoms with Crippen molar-refractivity contribution in [2.24, 2.45) is 16.6 Å². The van der Waals surface area contributed by atoms with E-state index in [1.165, 1.54) is 5.56 Å². The third kappa shape index (κ3) is 6.57. The molecular weight excluding hydrogens is 413 g/mol. The number of guanidine groups is 1. The quantitative estimate of drug-likeness (QED) is 0.416. The highest BCUT2D eigenvalue weighted by Crippen LogP contribution is 2.14. The van der Waals surface area contributed by atoms with Gasteiger partial charge in [-0.1, -0.05) is 31.5 Å². The van der Waals surface area contributed by atoms with Gasteiger partial charge in [0.05, 0.1) is 6.54 Å². The fourth-order valence-corrected chi connectivity index (χ4v) is 2.92. The van der Waals surface area contributed by atoms with Crippen LogP contribution in [-0.4, -0.2) is 61.6 Å². The standard InChI is InChI=1S/C18H31N5.HI/c1-14(2)17(23-11-9-22(4)10-12-23)13-20-18(19)21-16-7-5-15(3)6-8-16;/h5-8,14,17H,9-13H2,1-4H3,(H3,19,20,21);1H. The normalized spacial score (nSPS) is 18.3. The number of nitrogens with one attached hydrogen (secondary N) is 1. The summed E-state index contributed by atoms with van der Waals surface area (Å²) in [7, 11) is 2.18. The first-order valence-electron chi connectivity index (χ1n) is 8.52. The Hall–Kier alpha value is -0.860. The van der Waals surface area contributed by atoms with Gasteiger partial charge in [0, 0.05) is 37.9 Å². The average Bonchev–Trinajstić information content (AvgIpc) is 2.51. The number of piperazine rings is 1. The molecule has 0 aliphatic carbocycles. The van der Waals surface area contributed by atoms with E-state index in [1.54, 1.807) is 0 Å². The van der Waals surface area contributed by atoms with Crippen LogP contribution >= 0.6 is 24.0 Å². The molecule has 1 saturated heterocycles. The van der Waals surface area contributed by atoms with Crippen molar-refractivity contribution >= 4 is 35.6 Å². The Morgan fingerprint density at radius 3 is 2.29 bits per heavy atom. The molecule has 0 saturated carbocycles. The summed E-state index contributed by atoms with van der Waals surface area (Å²) in [6, 6.07) is 8.63. The van der Waals surface area contributed by atoms with Gasteiger partial charge in [-0.3, -0.25) is 9.89 Å². The number of hydrogen-bond donors (Lipinski definition) is 2. The monoisotopic (exact) mass is 445 g/mol. The van der Waals surface area contributed by atoms with E-state index in [1.807, 2.05) is 12.1 Å². The van der Waals surface area contributed by atoms with Gasteiger partial charge >= 0.3 is 0 Å². The van der Waals surface area contributed by atoms with E-state index >= 15 is 0 Å². The average molecular weight is 445 g/mol. The Morgan fingerprint density at radius 1 is 1.17 bits per heavy atom. The van der Waals surface area contributed by atoms with Crippen molar-refractivity contribution in [2.45, 2.75) is 26.8 Å². The highest BCUT2D eigenvalue weighted by Gasteiger charge is 2.24. The Balaban J connectivity index is 0.00000288. The fourth-order valence-electron chi connectivity index (χ4n) is 2.92. The molecule has 1 heterocycles. The largest absolute Gasteiger partial charge is 0.370 e. The molecule has 1 aliphatic rings. The number of nitrogens with zero attached hydrogens (tertiary/aromatic N) is 3. The van der Waals surface area contributed by atoms with Crippen LogP contribution in [0.15, 0.2) is 29.3 Å². The molecular formula is C18H32IN5. The van der Waals surface area contributed by atoms with Gasteiger partial charge in [-0.15, -0.1) is 24.0 Å². The smallest absolute Gasteiger partial charge is 0.193 e. The van der Waals surface area contributed by atoms with E-state index in [2.05, 4.69) is 60.1 Å². The van der Waals surface area contributed by atoms with Crippen LogP contribution in [-0.2, 0) is 0 Å². The second kappa shape index (κ2) is 10.2. The third-order valence-corrected chi connectivity index (χ3v) is 4.55. The number of hydrogen-bond acceptors (Lipinski definition) is 3. The number of aliphatic imine (C=N–C) groups is 1. The summed E-state index contributed by atoms with van der Waals surface area (Å²) in [5.74, 6) is 1.06. The lowest BCUT2D eigenvalue weighted by molar-refractivity contribution is 0.0926. The van der Waals surface area contributed by atoms with E-state index in [-0.39, 0.29) is 24.0 Å². The van der Waals surface area contributed by atoms with Crippen molar-refractivity contribution in [2.75, 3.05) is 45.1 Å². The molecule has 1 aromatic rings. The van der Waals surface area contributed by atoms with Crippen LogP contribution in [0.1, 0.15) is 19.4 Å². The molecule has 1 unspecified atom stereocenters. The molecule has 24 heavy (non-hydrogen) atoms. The molecule has 1 atom stereocenters. The van der Waals surface area contributed by atoms with Crippen LogP contribution in [0.5, 0.6) is 0 Å². The van der Waals surface area contributed by atoms with Gasteiger partial charge in [0.2, 0.25) is 0 Å². The van der Waals surface area contributed by atoms with Crippen molar-refractivity contribution in [1.29, 1.82) is 0 Å². The lowest BCUT2D eigenvalue weighted by atomic mass is 10.0. The lowest BCUT2D eigenvalue weighted by Gasteiger charge is -2.39. The highest BCUT2D eigenvalue weighted by molar-refractivity contribution is 14.0. The number of halogens is 1. The molecule has 5 nitrogen and oxygen atoms in total. The Labute approximate surface area is 163 Å². The summed E-state index contributed by atoms with van der Waals surface area (Å²) in [6.07, 6.45) is 0. The number of rotatable bonds is 5. The van der Waals surface area contributed by atoms with E-state index in [0.717, 1.165) is 38.4 Å². The van der Waals surface area contributed by atoms with Gasteiger partial charge < -0.3 is 16.0 Å². The van der Waals surface area contributed by atoms with Crippen LogP contribution in [0.25, 0.3) is 0 Å². The summed E-state index contributed by atoms with van der Waals surface area (Å²) < 4.78 is 0. The molecule has 2 rings (SSSR count). The van der Waals surface area contributed by atoms with Crippen LogP contribution in [0.4, 0.5) is 5.69 Å². The van der Waals surface area contributed by atoms with E-state index in [0.29, 0.717) is 17.9 Å². The van der Waals surface area contributed by atoms with Crippen LogP contribution in [0, 0.1) is 12.8 Å². The first-order chi connectivity index (χ1) is 11.0. The molecule has 136 valence electrons.